The zero-order chi connectivity index (χ0) is 18.1. The van der Waals surface area contributed by atoms with E-state index in [1.807, 2.05) is 0 Å². The lowest BCUT2D eigenvalue weighted by molar-refractivity contribution is -0.139. The molecule has 2 fully saturated rings. The monoisotopic (exact) mass is 359 g/mol. The first kappa shape index (κ1) is 17.0. The van der Waals surface area contributed by atoms with Crippen molar-refractivity contribution in [3.05, 3.63) is 40.4 Å². The Balaban J connectivity index is 1.54. The molecule has 0 aliphatic carbocycles. The molecule has 2 aromatic heterocycles. The average molecular weight is 359 g/mol. The van der Waals surface area contributed by atoms with Crippen LogP contribution in [0.2, 0.25) is 0 Å². The highest BCUT2D eigenvalue weighted by atomic mass is 16.5. The summed E-state index contributed by atoms with van der Waals surface area (Å²) in [6.07, 6.45) is 5.75. The van der Waals surface area contributed by atoms with Gasteiger partial charge >= 0.3 is 0 Å². The third kappa shape index (κ3) is 3.06. The molecular formula is C18H21N3O5. The highest BCUT2D eigenvalue weighted by Crippen LogP contribution is 2.34. The Morgan fingerprint density at radius 1 is 1.35 bits per heavy atom. The first-order valence-electron chi connectivity index (χ1n) is 8.80. The summed E-state index contributed by atoms with van der Waals surface area (Å²) in [6, 6.07) is 2.91. The first-order chi connectivity index (χ1) is 12.6. The highest BCUT2D eigenvalue weighted by molar-refractivity contribution is 5.94. The zero-order valence-electron chi connectivity index (χ0n) is 14.3. The molecule has 26 heavy (non-hydrogen) atoms. The third-order valence-corrected chi connectivity index (χ3v) is 5.19. The number of hydrogen-bond donors (Lipinski definition) is 2. The Bertz CT molecular complexity index is 883. The fourth-order valence-electron chi connectivity index (χ4n) is 3.75. The lowest BCUT2D eigenvalue weighted by Gasteiger charge is -2.43. The van der Waals surface area contributed by atoms with Gasteiger partial charge in [0, 0.05) is 38.3 Å². The minimum atomic E-state index is -0.503. The molecule has 1 spiro atoms. The molecule has 0 unspecified atom stereocenters. The van der Waals surface area contributed by atoms with Crippen LogP contribution in [0.25, 0.3) is 5.65 Å². The number of rotatable bonds is 2. The van der Waals surface area contributed by atoms with Crippen LogP contribution in [0.5, 0.6) is 5.75 Å². The summed E-state index contributed by atoms with van der Waals surface area (Å²) in [5, 5.41) is 12.7. The standard InChI is InChI=1S/C18H21N3O5/c22-14-2-1-6-21-15(14)19-11-13(17(21)24)16(23)20-12-3-7-26-18(10-12)4-8-25-9-5-18/h1-2,6,11-12,22H,3-5,7-10H2,(H,20,23)/t12-/m0/s1. The lowest BCUT2D eigenvalue weighted by atomic mass is 9.84. The SMILES string of the molecule is O=C(N[C@H]1CCOC2(CCOCC2)C1)c1cnc2c(O)cccn2c1=O. The van der Waals surface area contributed by atoms with Crippen molar-refractivity contribution in [1.82, 2.24) is 14.7 Å². The van der Waals surface area contributed by atoms with Gasteiger partial charge in [0.25, 0.3) is 11.5 Å². The van der Waals surface area contributed by atoms with E-state index in [1.54, 1.807) is 0 Å². The number of hydrogen-bond acceptors (Lipinski definition) is 6. The van der Waals surface area contributed by atoms with Crippen molar-refractivity contribution in [2.45, 2.75) is 37.3 Å². The zero-order valence-corrected chi connectivity index (χ0v) is 14.3. The molecule has 2 N–H and O–H groups in total. The molecule has 0 aromatic carbocycles. The minimum Gasteiger partial charge on any atom is -0.504 e. The summed E-state index contributed by atoms with van der Waals surface area (Å²) in [5.41, 5.74) is -0.658. The van der Waals surface area contributed by atoms with Crippen LogP contribution in [0.3, 0.4) is 0 Å². The van der Waals surface area contributed by atoms with Crippen LogP contribution in [-0.4, -0.2) is 51.9 Å². The molecule has 8 heteroatoms. The molecule has 0 radical (unpaired) electrons. The van der Waals surface area contributed by atoms with Crippen molar-refractivity contribution >= 4 is 11.6 Å². The van der Waals surface area contributed by atoms with Gasteiger partial charge in [0.05, 0.1) is 5.60 Å². The van der Waals surface area contributed by atoms with E-state index in [9.17, 15) is 14.7 Å². The first-order valence-corrected chi connectivity index (χ1v) is 8.80. The Hall–Kier alpha value is -2.45. The van der Waals surface area contributed by atoms with Gasteiger partial charge in [0.1, 0.15) is 5.56 Å². The van der Waals surface area contributed by atoms with Crippen LogP contribution < -0.4 is 10.9 Å². The van der Waals surface area contributed by atoms with Gasteiger partial charge in [-0.2, -0.15) is 0 Å². The largest absolute Gasteiger partial charge is 0.504 e. The van der Waals surface area contributed by atoms with E-state index in [2.05, 4.69) is 10.3 Å². The van der Waals surface area contributed by atoms with Crippen LogP contribution in [0.15, 0.2) is 29.3 Å². The molecule has 2 aliphatic heterocycles. The number of pyridine rings is 1. The maximum Gasteiger partial charge on any atom is 0.270 e. The number of carbonyl (C=O) groups excluding carboxylic acids is 1. The maximum absolute atomic E-state index is 12.6. The lowest BCUT2D eigenvalue weighted by Crippen LogP contribution is -2.51. The van der Waals surface area contributed by atoms with E-state index in [0.717, 1.165) is 12.8 Å². The van der Waals surface area contributed by atoms with Crippen molar-refractivity contribution in [3.8, 4) is 5.75 Å². The van der Waals surface area contributed by atoms with Crippen LogP contribution in [-0.2, 0) is 9.47 Å². The number of ether oxygens (including phenoxy) is 2. The number of amides is 1. The molecule has 1 amide bonds. The topological polar surface area (TPSA) is 102 Å². The molecule has 4 rings (SSSR count). The molecule has 2 aromatic rings. The molecule has 2 saturated heterocycles. The average Bonchev–Trinajstić information content (AvgIpc) is 2.63. The summed E-state index contributed by atoms with van der Waals surface area (Å²) in [4.78, 5) is 29.3. The van der Waals surface area contributed by atoms with E-state index in [1.165, 1.54) is 28.9 Å². The summed E-state index contributed by atoms with van der Waals surface area (Å²) >= 11 is 0. The normalized spacial score (nSPS) is 22.4. The molecule has 2 aliphatic rings. The predicted octanol–water partition coefficient (Wildman–Crippen LogP) is 0.858. The van der Waals surface area contributed by atoms with E-state index in [-0.39, 0.29) is 28.6 Å². The second-order valence-electron chi connectivity index (χ2n) is 6.87. The van der Waals surface area contributed by atoms with Crippen LogP contribution >= 0.6 is 0 Å². The highest BCUT2D eigenvalue weighted by Gasteiger charge is 2.39. The van der Waals surface area contributed by atoms with Gasteiger partial charge in [-0.25, -0.2) is 4.98 Å². The van der Waals surface area contributed by atoms with Gasteiger partial charge in [-0.05, 0) is 37.8 Å². The molecule has 0 bridgehead atoms. The smallest absolute Gasteiger partial charge is 0.270 e. The Morgan fingerprint density at radius 3 is 2.96 bits per heavy atom. The minimum absolute atomic E-state index is 0.0411. The van der Waals surface area contributed by atoms with E-state index < -0.39 is 11.5 Å². The number of nitrogens with one attached hydrogen (secondary N) is 1. The fourth-order valence-corrected chi connectivity index (χ4v) is 3.75. The van der Waals surface area contributed by atoms with Crippen LogP contribution in [0, 0.1) is 0 Å². The fraction of sp³-hybridized carbons (Fsp3) is 0.500. The predicted molar refractivity (Wildman–Crippen MR) is 92.4 cm³/mol. The quantitative estimate of drug-likeness (QED) is 0.824. The molecular weight excluding hydrogens is 338 g/mol. The number of aromatic nitrogens is 2. The van der Waals surface area contributed by atoms with Crippen molar-refractivity contribution in [1.29, 1.82) is 0 Å². The molecule has 1 atom stereocenters. The molecule has 4 heterocycles. The van der Waals surface area contributed by atoms with Gasteiger partial charge in [-0.1, -0.05) is 0 Å². The number of carbonyl (C=O) groups is 1. The van der Waals surface area contributed by atoms with Crippen LogP contribution in [0.1, 0.15) is 36.0 Å². The van der Waals surface area contributed by atoms with Gasteiger partial charge in [0.2, 0.25) is 0 Å². The second-order valence-corrected chi connectivity index (χ2v) is 6.87. The van der Waals surface area contributed by atoms with E-state index >= 15 is 0 Å². The summed E-state index contributed by atoms with van der Waals surface area (Å²) in [7, 11) is 0. The summed E-state index contributed by atoms with van der Waals surface area (Å²) in [5.74, 6) is -0.559. The molecule has 8 nitrogen and oxygen atoms in total. The third-order valence-electron chi connectivity index (χ3n) is 5.19. The van der Waals surface area contributed by atoms with Crippen molar-refractivity contribution in [2.75, 3.05) is 19.8 Å². The summed E-state index contributed by atoms with van der Waals surface area (Å²) in [6.45, 7) is 1.91. The van der Waals surface area contributed by atoms with Crippen molar-refractivity contribution in [3.63, 3.8) is 0 Å². The Kier molecular flexibility index (Phi) is 4.37. The summed E-state index contributed by atoms with van der Waals surface area (Å²) < 4.78 is 12.6. The van der Waals surface area contributed by atoms with Gasteiger partial charge in [-0.15, -0.1) is 0 Å². The van der Waals surface area contributed by atoms with Crippen molar-refractivity contribution in [2.24, 2.45) is 0 Å². The van der Waals surface area contributed by atoms with Gasteiger partial charge in [-0.3, -0.25) is 14.0 Å². The second kappa shape index (κ2) is 6.69. The van der Waals surface area contributed by atoms with Gasteiger partial charge < -0.3 is 19.9 Å². The van der Waals surface area contributed by atoms with Crippen molar-refractivity contribution < 1.29 is 19.4 Å². The van der Waals surface area contributed by atoms with E-state index in [4.69, 9.17) is 9.47 Å². The maximum atomic E-state index is 12.6. The Morgan fingerprint density at radius 2 is 2.15 bits per heavy atom. The van der Waals surface area contributed by atoms with Crippen LogP contribution in [0.4, 0.5) is 0 Å². The molecule has 0 saturated carbocycles. The van der Waals surface area contributed by atoms with Gasteiger partial charge in [0.15, 0.2) is 11.4 Å². The Labute approximate surface area is 149 Å². The number of nitrogens with zero attached hydrogens (tertiary/aromatic N) is 2. The number of fused-ring (bicyclic) bond motifs is 1. The molecule has 138 valence electrons. The van der Waals surface area contributed by atoms with E-state index in [0.29, 0.717) is 32.7 Å². The number of aromatic hydroxyl groups is 1.